The maximum atomic E-state index is 10.4. The molecule has 8 heteroatoms. The van der Waals surface area contributed by atoms with Gasteiger partial charge in [0.15, 0.2) is 6.23 Å². The molecule has 6 nitrogen and oxygen atoms in total. The Hall–Kier alpha value is -1.41. The zero-order chi connectivity index (χ0) is 14.5. The van der Waals surface area contributed by atoms with E-state index in [1.54, 1.807) is 29.7 Å². The van der Waals surface area contributed by atoms with E-state index in [2.05, 4.69) is 0 Å². The number of halogens is 1. The minimum Gasteiger partial charge on any atom is -1.00 e. The lowest BCUT2D eigenvalue weighted by molar-refractivity contribution is -0.671. The average molecular weight is 321 g/mol. The molecule has 1 unspecified atom stereocenters. The molecule has 0 spiro atoms. The molecule has 0 saturated heterocycles. The maximum absolute atomic E-state index is 10.4. The van der Waals surface area contributed by atoms with Crippen molar-refractivity contribution in [2.45, 2.75) is 18.0 Å². The summed E-state index contributed by atoms with van der Waals surface area (Å²) in [5, 5.41) is 8.99. The molecule has 0 saturated carbocycles. The molecular weight excluding hydrogens is 304 g/mol. The van der Waals surface area contributed by atoms with Crippen LogP contribution >= 0.6 is 0 Å². The second kappa shape index (κ2) is 8.01. The van der Waals surface area contributed by atoms with Gasteiger partial charge in [-0.05, 0) is 12.1 Å². The number of imidazole rings is 1. The first-order chi connectivity index (χ1) is 8.80. The van der Waals surface area contributed by atoms with Gasteiger partial charge in [-0.3, -0.25) is 4.55 Å². The van der Waals surface area contributed by atoms with E-state index in [0.717, 1.165) is 0 Å². The molecule has 1 aromatic carbocycles. The maximum Gasteiger partial charge on any atom is 0.294 e. The Morgan fingerprint density at radius 1 is 1.25 bits per heavy atom. The van der Waals surface area contributed by atoms with Crippen LogP contribution in [0.2, 0.25) is 0 Å². The monoisotopic (exact) mass is 320 g/mol. The lowest BCUT2D eigenvalue weighted by Crippen LogP contribution is -3.00. The molecule has 20 heavy (non-hydrogen) atoms. The summed E-state index contributed by atoms with van der Waals surface area (Å²) >= 11 is 0. The van der Waals surface area contributed by atoms with Gasteiger partial charge in [0.05, 0.1) is 11.9 Å². The Labute approximate surface area is 124 Å². The standard InChI is InChI=1S/C6H11N2O.C6H6O3S.ClH/c1-6(9)8-4-3-7(2)5-8;7-10(8,9)6-4-2-1-3-5-6;/h3-6,9H,1-2H3;1-5H,(H,7,8,9);1H/q+1;;/p-1. The molecule has 0 radical (unpaired) electrons. The zero-order valence-electron chi connectivity index (χ0n) is 11.1. The quantitative estimate of drug-likeness (QED) is 0.484. The summed E-state index contributed by atoms with van der Waals surface area (Å²) in [7, 11) is -2.09. The number of aliphatic hydroxyl groups is 1. The number of hydrogen-bond acceptors (Lipinski definition) is 3. The normalized spacial score (nSPS) is 11.8. The van der Waals surface area contributed by atoms with E-state index in [9.17, 15) is 8.42 Å². The van der Waals surface area contributed by atoms with Gasteiger partial charge in [0, 0.05) is 6.92 Å². The first-order valence-corrected chi connectivity index (χ1v) is 6.98. The molecule has 0 aliphatic heterocycles. The molecule has 1 heterocycles. The van der Waals surface area contributed by atoms with Crippen LogP contribution in [0.4, 0.5) is 0 Å². The van der Waals surface area contributed by atoms with Crippen LogP contribution in [-0.4, -0.2) is 22.6 Å². The summed E-state index contributed by atoms with van der Waals surface area (Å²) in [6.45, 7) is 1.72. The van der Waals surface area contributed by atoms with E-state index in [1.807, 2.05) is 30.3 Å². The number of aromatic nitrogens is 2. The van der Waals surface area contributed by atoms with Crippen LogP contribution in [0.3, 0.4) is 0 Å². The molecule has 0 bridgehead atoms. The Morgan fingerprint density at radius 2 is 1.80 bits per heavy atom. The number of aryl methyl sites for hydroxylation is 1. The highest BCUT2D eigenvalue weighted by Crippen LogP contribution is 2.05. The Morgan fingerprint density at radius 3 is 2.05 bits per heavy atom. The number of nitrogens with zero attached hydrogens (tertiary/aromatic N) is 2. The van der Waals surface area contributed by atoms with Crippen molar-refractivity contribution in [2.75, 3.05) is 0 Å². The highest BCUT2D eigenvalue weighted by molar-refractivity contribution is 7.85. The first kappa shape index (κ1) is 18.6. The van der Waals surface area contributed by atoms with Crippen LogP contribution in [0.15, 0.2) is 53.9 Å². The van der Waals surface area contributed by atoms with Gasteiger partial charge >= 0.3 is 0 Å². The topological polar surface area (TPSA) is 83.4 Å². The molecular formula is C12H17ClN2O4S. The molecule has 1 aromatic heterocycles. The van der Waals surface area contributed by atoms with E-state index in [1.165, 1.54) is 12.1 Å². The van der Waals surface area contributed by atoms with Crippen LogP contribution in [-0.2, 0) is 17.2 Å². The Bertz CT molecular complexity index is 611. The summed E-state index contributed by atoms with van der Waals surface area (Å²) in [6, 6.07) is 7.42. The lowest BCUT2D eigenvalue weighted by Gasteiger charge is -1.94. The van der Waals surface area contributed by atoms with Gasteiger partial charge in [0.1, 0.15) is 12.4 Å². The molecule has 0 aliphatic carbocycles. The van der Waals surface area contributed by atoms with Gasteiger partial charge in [-0.25, -0.2) is 9.13 Å². The van der Waals surface area contributed by atoms with Crippen molar-refractivity contribution in [1.29, 1.82) is 0 Å². The summed E-state index contributed by atoms with van der Waals surface area (Å²) in [5.41, 5.74) is 0. The van der Waals surface area contributed by atoms with Crippen LogP contribution in [0, 0.1) is 0 Å². The fourth-order valence-electron chi connectivity index (χ4n) is 1.28. The highest BCUT2D eigenvalue weighted by atomic mass is 35.5. The van der Waals surface area contributed by atoms with Crippen LogP contribution in [0.1, 0.15) is 13.2 Å². The van der Waals surface area contributed by atoms with Crippen molar-refractivity contribution in [2.24, 2.45) is 7.05 Å². The van der Waals surface area contributed by atoms with Crippen LogP contribution < -0.4 is 17.0 Å². The van der Waals surface area contributed by atoms with E-state index in [0.29, 0.717) is 0 Å². The van der Waals surface area contributed by atoms with E-state index < -0.39 is 16.3 Å². The Kier molecular flexibility index (Phi) is 7.44. The summed E-state index contributed by atoms with van der Waals surface area (Å²) in [6.07, 6.45) is 5.10. The van der Waals surface area contributed by atoms with Gasteiger partial charge in [0.2, 0.25) is 6.33 Å². The molecule has 2 rings (SSSR count). The second-order valence-electron chi connectivity index (χ2n) is 3.95. The zero-order valence-corrected chi connectivity index (χ0v) is 12.7. The SMILES string of the molecule is CC(O)n1cc[n+](C)c1.O=S(=O)(O)c1ccccc1.[Cl-]. The smallest absolute Gasteiger partial charge is 0.294 e. The fraction of sp³-hybridized carbons (Fsp3) is 0.250. The second-order valence-corrected chi connectivity index (χ2v) is 5.37. The highest BCUT2D eigenvalue weighted by Gasteiger charge is 2.05. The molecule has 0 aliphatic rings. The summed E-state index contributed by atoms with van der Waals surface area (Å²) in [4.78, 5) is -0.0741. The molecule has 2 aromatic rings. The van der Waals surface area contributed by atoms with Crippen molar-refractivity contribution in [3.8, 4) is 0 Å². The largest absolute Gasteiger partial charge is 1.00 e. The number of benzene rings is 1. The predicted octanol–water partition coefficient (Wildman–Crippen LogP) is -2.24. The van der Waals surface area contributed by atoms with Crippen molar-refractivity contribution < 1.29 is 35.1 Å². The number of aliphatic hydroxyl groups excluding tert-OH is 1. The minimum atomic E-state index is -4.00. The van der Waals surface area contributed by atoms with Gasteiger partial charge in [-0.2, -0.15) is 8.42 Å². The van der Waals surface area contributed by atoms with Crippen molar-refractivity contribution >= 4 is 10.1 Å². The van der Waals surface area contributed by atoms with Crippen molar-refractivity contribution in [3.05, 3.63) is 49.1 Å². The molecule has 0 amide bonds. The first-order valence-electron chi connectivity index (χ1n) is 5.54. The lowest BCUT2D eigenvalue weighted by atomic mass is 10.4. The van der Waals surface area contributed by atoms with E-state index >= 15 is 0 Å². The fourth-order valence-corrected chi connectivity index (χ4v) is 1.78. The van der Waals surface area contributed by atoms with Gasteiger partial charge < -0.3 is 17.5 Å². The number of rotatable bonds is 2. The average Bonchev–Trinajstić information content (AvgIpc) is 2.77. The summed E-state index contributed by atoms with van der Waals surface area (Å²) in [5.74, 6) is 0. The third kappa shape index (κ3) is 6.16. The number of hydrogen-bond donors (Lipinski definition) is 2. The third-order valence-corrected chi connectivity index (χ3v) is 3.13. The molecule has 0 fully saturated rings. The molecule has 1 atom stereocenters. The van der Waals surface area contributed by atoms with Crippen molar-refractivity contribution in [3.63, 3.8) is 0 Å². The minimum absolute atomic E-state index is 0. The molecule has 112 valence electrons. The van der Waals surface area contributed by atoms with E-state index in [-0.39, 0.29) is 17.3 Å². The third-order valence-electron chi connectivity index (χ3n) is 2.26. The van der Waals surface area contributed by atoms with Crippen LogP contribution in [0.5, 0.6) is 0 Å². The van der Waals surface area contributed by atoms with Gasteiger partial charge in [0.25, 0.3) is 10.1 Å². The van der Waals surface area contributed by atoms with E-state index in [4.69, 9.17) is 9.66 Å². The predicted molar refractivity (Wildman–Crippen MR) is 68.8 cm³/mol. The van der Waals surface area contributed by atoms with Gasteiger partial charge in [-0.1, -0.05) is 18.2 Å². The van der Waals surface area contributed by atoms with Crippen molar-refractivity contribution in [1.82, 2.24) is 4.57 Å². The van der Waals surface area contributed by atoms with Crippen LogP contribution in [0.25, 0.3) is 0 Å². The molecule has 2 N–H and O–H groups in total. The van der Waals surface area contributed by atoms with Gasteiger partial charge in [-0.15, -0.1) is 0 Å². The summed E-state index contributed by atoms with van der Waals surface area (Å²) < 4.78 is 32.8. The Balaban J connectivity index is 0.000000345.